The highest BCUT2D eigenvalue weighted by Gasteiger charge is 2.09. The highest BCUT2D eigenvalue weighted by molar-refractivity contribution is 5.98. The Morgan fingerprint density at radius 3 is 1.70 bits per heavy atom. The molecule has 0 N–H and O–H groups in total. The van der Waals surface area contributed by atoms with Gasteiger partial charge in [0.05, 0.1) is 0 Å². The Kier molecular flexibility index (Phi) is 4.78. The van der Waals surface area contributed by atoms with Crippen LogP contribution >= 0.6 is 0 Å². The summed E-state index contributed by atoms with van der Waals surface area (Å²) in [6.07, 6.45) is 0. The third-order valence-electron chi connectivity index (χ3n) is 5.69. The van der Waals surface area contributed by atoms with E-state index in [0.29, 0.717) is 0 Å². The molecule has 0 saturated heterocycles. The van der Waals surface area contributed by atoms with Crippen LogP contribution in [0.2, 0.25) is 0 Å². The van der Waals surface area contributed by atoms with Crippen LogP contribution in [-0.2, 0) is 0 Å². The maximum absolute atomic E-state index is 2.28. The van der Waals surface area contributed by atoms with E-state index in [0.717, 1.165) is 0 Å². The highest BCUT2D eigenvalue weighted by Crippen LogP contribution is 2.34. The predicted molar refractivity (Wildman–Crippen MR) is 129 cm³/mol. The van der Waals surface area contributed by atoms with E-state index in [9.17, 15) is 0 Å². The molecule has 0 fully saturated rings. The lowest BCUT2D eigenvalue weighted by Gasteiger charge is -2.22. The number of nitrogens with zero attached hydrogens (tertiary/aromatic N) is 1. The van der Waals surface area contributed by atoms with E-state index in [4.69, 9.17) is 0 Å². The molecular formula is C29H23N. The first-order chi connectivity index (χ1) is 14.8. The van der Waals surface area contributed by atoms with Gasteiger partial charge in [-0.15, -0.1) is 0 Å². The second-order valence-corrected chi connectivity index (χ2v) is 7.55. The van der Waals surface area contributed by atoms with Crippen molar-refractivity contribution in [2.45, 2.75) is 0 Å². The molecule has 0 atom stereocenters. The summed E-state index contributed by atoms with van der Waals surface area (Å²) in [6, 6.07) is 43.1. The standard InChI is InChI=1S/C29H23N/c1-30(27-18-15-24(16-19-27)22-9-4-2-5-10-22)29-14-8-13-26-21-25(17-20-28(26)29)23-11-6-3-7-12-23/h2-21H,1H3. The summed E-state index contributed by atoms with van der Waals surface area (Å²) in [5.41, 5.74) is 7.35. The Balaban J connectivity index is 1.49. The van der Waals surface area contributed by atoms with Gasteiger partial charge in [0.25, 0.3) is 0 Å². The zero-order valence-corrected chi connectivity index (χ0v) is 17.0. The molecule has 0 unspecified atom stereocenters. The van der Waals surface area contributed by atoms with E-state index < -0.39 is 0 Å². The Morgan fingerprint density at radius 2 is 1.03 bits per heavy atom. The number of fused-ring (bicyclic) bond motifs is 1. The molecule has 30 heavy (non-hydrogen) atoms. The van der Waals surface area contributed by atoms with Crippen molar-refractivity contribution in [2.75, 3.05) is 11.9 Å². The minimum atomic E-state index is 1.18. The average molecular weight is 386 g/mol. The molecule has 0 aliphatic rings. The van der Waals surface area contributed by atoms with E-state index in [1.807, 2.05) is 0 Å². The van der Waals surface area contributed by atoms with Gasteiger partial charge >= 0.3 is 0 Å². The first-order valence-corrected chi connectivity index (χ1v) is 10.3. The van der Waals surface area contributed by atoms with Gasteiger partial charge in [-0.2, -0.15) is 0 Å². The Labute approximate surface area is 177 Å². The first-order valence-electron chi connectivity index (χ1n) is 10.3. The summed E-state index contributed by atoms with van der Waals surface area (Å²) in [4.78, 5) is 2.26. The lowest BCUT2D eigenvalue weighted by molar-refractivity contribution is 1.22. The van der Waals surface area contributed by atoms with Gasteiger partial charge < -0.3 is 4.90 Å². The van der Waals surface area contributed by atoms with Crippen molar-refractivity contribution in [2.24, 2.45) is 0 Å². The van der Waals surface area contributed by atoms with Gasteiger partial charge in [-0.3, -0.25) is 0 Å². The first kappa shape index (κ1) is 18.2. The zero-order valence-electron chi connectivity index (χ0n) is 17.0. The molecule has 5 aromatic rings. The number of benzene rings is 5. The van der Waals surface area contributed by atoms with Gasteiger partial charge in [-0.05, 0) is 51.9 Å². The lowest BCUT2D eigenvalue weighted by atomic mass is 10.00. The number of anilines is 2. The van der Waals surface area contributed by atoms with Crippen LogP contribution < -0.4 is 4.90 Å². The smallest absolute Gasteiger partial charge is 0.0487 e. The number of hydrogen-bond donors (Lipinski definition) is 0. The molecule has 0 radical (unpaired) electrons. The molecule has 0 spiro atoms. The quantitative estimate of drug-likeness (QED) is 0.303. The second kappa shape index (κ2) is 7.88. The van der Waals surface area contributed by atoms with Crippen LogP contribution in [0.4, 0.5) is 11.4 Å². The van der Waals surface area contributed by atoms with Crippen LogP contribution in [0.15, 0.2) is 121 Å². The summed E-state index contributed by atoms with van der Waals surface area (Å²) in [5.74, 6) is 0. The van der Waals surface area contributed by atoms with Gasteiger partial charge in [0, 0.05) is 23.8 Å². The molecule has 0 saturated carbocycles. The van der Waals surface area contributed by atoms with Crippen LogP contribution in [0.5, 0.6) is 0 Å². The zero-order chi connectivity index (χ0) is 20.3. The predicted octanol–water partition coefficient (Wildman–Crippen LogP) is 7.94. The summed E-state index contributed by atoms with van der Waals surface area (Å²) >= 11 is 0. The molecule has 144 valence electrons. The van der Waals surface area contributed by atoms with E-state index in [1.165, 1.54) is 44.4 Å². The van der Waals surface area contributed by atoms with Crippen molar-refractivity contribution in [3.63, 3.8) is 0 Å². The van der Waals surface area contributed by atoms with Crippen molar-refractivity contribution in [3.8, 4) is 22.3 Å². The summed E-state index contributed by atoms with van der Waals surface area (Å²) in [7, 11) is 2.14. The van der Waals surface area contributed by atoms with Gasteiger partial charge in [0.1, 0.15) is 0 Å². The van der Waals surface area contributed by atoms with Crippen molar-refractivity contribution < 1.29 is 0 Å². The number of hydrogen-bond acceptors (Lipinski definition) is 1. The van der Waals surface area contributed by atoms with Gasteiger partial charge in [0.15, 0.2) is 0 Å². The number of rotatable bonds is 4. The van der Waals surface area contributed by atoms with E-state index >= 15 is 0 Å². The minimum Gasteiger partial charge on any atom is -0.344 e. The molecule has 0 aromatic heterocycles. The van der Waals surface area contributed by atoms with Crippen molar-refractivity contribution >= 4 is 22.1 Å². The molecule has 5 rings (SSSR count). The highest BCUT2D eigenvalue weighted by atomic mass is 15.1. The molecule has 0 aliphatic heterocycles. The lowest BCUT2D eigenvalue weighted by Crippen LogP contribution is -2.09. The summed E-state index contributed by atoms with van der Waals surface area (Å²) in [5, 5.41) is 2.51. The van der Waals surface area contributed by atoms with Crippen LogP contribution in [0.25, 0.3) is 33.0 Å². The fourth-order valence-electron chi connectivity index (χ4n) is 4.02. The SMILES string of the molecule is CN(c1ccc(-c2ccccc2)cc1)c1cccc2cc(-c3ccccc3)ccc12. The van der Waals surface area contributed by atoms with Crippen molar-refractivity contribution in [3.05, 3.63) is 121 Å². The maximum atomic E-state index is 2.28. The minimum absolute atomic E-state index is 1.18. The molecule has 0 amide bonds. The molecule has 1 nitrogen and oxygen atoms in total. The van der Waals surface area contributed by atoms with E-state index in [2.05, 4.69) is 133 Å². The second-order valence-electron chi connectivity index (χ2n) is 7.55. The fourth-order valence-corrected chi connectivity index (χ4v) is 4.02. The molecular weight excluding hydrogens is 362 g/mol. The van der Waals surface area contributed by atoms with Gasteiger partial charge in [-0.25, -0.2) is 0 Å². The van der Waals surface area contributed by atoms with Crippen LogP contribution in [0, 0.1) is 0 Å². The van der Waals surface area contributed by atoms with Crippen LogP contribution in [0.3, 0.4) is 0 Å². The Hall–Kier alpha value is -3.84. The monoisotopic (exact) mass is 385 g/mol. The average Bonchev–Trinajstić information content (AvgIpc) is 2.84. The van der Waals surface area contributed by atoms with Crippen LogP contribution in [-0.4, -0.2) is 7.05 Å². The largest absolute Gasteiger partial charge is 0.344 e. The fraction of sp³-hybridized carbons (Fsp3) is 0.0345. The third-order valence-corrected chi connectivity index (χ3v) is 5.69. The molecule has 0 bridgehead atoms. The molecule has 0 heterocycles. The maximum Gasteiger partial charge on any atom is 0.0487 e. The van der Waals surface area contributed by atoms with Crippen LogP contribution in [0.1, 0.15) is 0 Å². The van der Waals surface area contributed by atoms with Crippen molar-refractivity contribution in [1.82, 2.24) is 0 Å². The van der Waals surface area contributed by atoms with Gasteiger partial charge in [0.2, 0.25) is 0 Å². The molecule has 0 aliphatic carbocycles. The van der Waals surface area contributed by atoms with Gasteiger partial charge in [-0.1, -0.05) is 97.1 Å². The topological polar surface area (TPSA) is 3.24 Å². The summed E-state index contributed by atoms with van der Waals surface area (Å²) in [6.45, 7) is 0. The van der Waals surface area contributed by atoms with E-state index in [-0.39, 0.29) is 0 Å². The Bertz CT molecular complexity index is 1270. The molecule has 1 heteroatoms. The Morgan fingerprint density at radius 1 is 0.467 bits per heavy atom. The van der Waals surface area contributed by atoms with E-state index in [1.54, 1.807) is 0 Å². The van der Waals surface area contributed by atoms with Crippen molar-refractivity contribution in [1.29, 1.82) is 0 Å². The summed E-state index contributed by atoms with van der Waals surface area (Å²) < 4.78 is 0. The normalized spacial score (nSPS) is 10.8. The molecule has 5 aromatic carbocycles. The third kappa shape index (κ3) is 3.46.